The summed E-state index contributed by atoms with van der Waals surface area (Å²) in [7, 11) is -10.8. The fraction of sp³-hybridized carbons (Fsp3) is 1.00. The van der Waals surface area contributed by atoms with Crippen molar-refractivity contribution in [1.29, 1.82) is 4.29 Å². The molecule has 0 fully saturated rings. The third-order valence-electron chi connectivity index (χ3n) is 1.61. The van der Waals surface area contributed by atoms with E-state index in [-0.39, 0.29) is 13.0 Å². The molecule has 0 aliphatic carbocycles. The predicted octanol–water partition coefficient (Wildman–Crippen LogP) is -3.25. The van der Waals surface area contributed by atoms with Gasteiger partial charge in [0.1, 0.15) is 0 Å². The summed E-state index contributed by atoms with van der Waals surface area (Å²) in [5, 5.41) is 0.525. The van der Waals surface area contributed by atoms with E-state index in [1.807, 2.05) is 0 Å². The summed E-state index contributed by atoms with van der Waals surface area (Å²) in [5.41, 5.74) is 3.36. The van der Waals surface area contributed by atoms with Gasteiger partial charge >= 0.3 is 0 Å². The quantitative estimate of drug-likeness (QED) is 0.328. The van der Waals surface area contributed by atoms with Crippen LogP contribution < -0.4 is 15.5 Å². The van der Waals surface area contributed by atoms with Gasteiger partial charge in [-0.1, -0.05) is 0 Å². The Kier molecular flexibility index (Phi) is 2.96. The van der Waals surface area contributed by atoms with Crippen molar-refractivity contribution in [3.05, 3.63) is 0 Å². The molecule has 0 aromatic rings. The lowest BCUT2D eigenvalue weighted by atomic mass is 10.3. The maximum Gasteiger partial charge on any atom is 0.218 e. The Balaban J connectivity index is 5.62. The van der Waals surface area contributed by atoms with Crippen LogP contribution in [0.25, 0.3) is 0 Å². The first kappa shape index (κ1) is 9.45. The van der Waals surface area contributed by atoms with E-state index in [4.69, 9.17) is 4.29 Å². The normalized spacial score (nSPS) is 27.5. The van der Waals surface area contributed by atoms with Gasteiger partial charge in [0.15, 0.2) is 20.3 Å². The molecule has 2 atom stereocenters. The summed E-state index contributed by atoms with van der Waals surface area (Å²) in [6.45, 7) is 0.154. The van der Waals surface area contributed by atoms with Crippen LogP contribution in [-0.4, -0.2) is 30.8 Å². The molecule has 86 valence electrons. The number of rotatable bonds is 8. The SMILES string of the molecule is [2H]OC(CCC[NH3+])(P(=O)([O-])O[2H])P(=O)([O-])O[2H]. The zero-order valence-corrected chi connectivity index (χ0v) is 8.87. The van der Waals surface area contributed by atoms with Gasteiger partial charge in [-0.15, -0.1) is 0 Å². The Morgan fingerprint density at radius 3 is 2.14 bits per heavy atom. The highest BCUT2D eigenvalue weighted by molar-refractivity contribution is 7.70. The minimum atomic E-state index is -5.42. The second-order valence-corrected chi connectivity index (χ2v) is 6.48. The summed E-state index contributed by atoms with van der Waals surface area (Å²) >= 11 is 0. The second kappa shape index (κ2) is 4.38. The molecule has 0 saturated heterocycles. The van der Waals surface area contributed by atoms with Crippen molar-refractivity contribution < 1.29 is 39.6 Å². The molecule has 0 radical (unpaired) electrons. The maximum atomic E-state index is 11.4. The lowest BCUT2D eigenvalue weighted by Gasteiger charge is -2.41. The highest BCUT2D eigenvalue weighted by Crippen LogP contribution is 2.65. The first-order chi connectivity index (χ1) is 7.74. The molecule has 0 spiro atoms. The maximum absolute atomic E-state index is 11.4. The van der Waals surface area contributed by atoms with Crippen molar-refractivity contribution in [2.24, 2.45) is 0 Å². The van der Waals surface area contributed by atoms with Gasteiger partial charge in [0.25, 0.3) is 0 Å². The van der Waals surface area contributed by atoms with E-state index in [0.29, 0.717) is 0 Å². The Morgan fingerprint density at radius 1 is 1.36 bits per heavy atom. The van der Waals surface area contributed by atoms with Crippen molar-refractivity contribution in [2.45, 2.75) is 17.9 Å². The lowest BCUT2D eigenvalue weighted by molar-refractivity contribution is -0.369. The summed E-state index contributed by atoms with van der Waals surface area (Å²) in [6, 6.07) is 0. The van der Waals surface area contributed by atoms with E-state index in [0.717, 1.165) is 0 Å². The lowest BCUT2D eigenvalue weighted by Crippen LogP contribution is -2.51. The number of hydrogen-bond acceptors (Lipinski definition) is 7. The van der Waals surface area contributed by atoms with E-state index in [1.54, 1.807) is 0 Å². The molecule has 14 heavy (non-hydrogen) atoms. The van der Waals surface area contributed by atoms with E-state index < -0.39 is 26.7 Å². The molecule has 6 N–H and O–H groups in total. The minimum absolute atomic E-state index is 0.0515. The van der Waals surface area contributed by atoms with Gasteiger partial charge in [0.2, 0.25) is 4.29 Å². The Bertz CT molecular complexity index is 317. The van der Waals surface area contributed by atoms with Crippen LogP contribution in [-0.2, 0) is 9.13 Å². The summed E-state index contributed by atoms with van der Waals surface area (Å²) in [6.07, 6.45) is -0.774. The third-order valence-corrected chi connectivity index (χ3v) is 5.24. The van der Waals surface area contributed by atoms with Crippen LogP contribution in [0, 0.1) is 0 Å². The molecule has 10 heteroatoms. The molecule has 0 heterocycles. The number of hydrogen-bond donors (Lipinski definition) is 4. The summed E-state index contributed by atoms with van der Waals surface area (Å²) < 4.78 is 42.0. The van der Waals surface area contributed by atoms with Crippen LogP contribution >= 0.6 is 15.2 Å². The predicted molar refractivity (Wildman–Crippen MR) is 41.6 cm³/mol. The molecule has 0 aliphatic rings. The van der Waals surface area contributed by atoms with E-state index in [2.05, 4.69) is 20.6 Å². The standard InChI is InChI=1S/C4H13NO7P2/c5-3-1-2-4(6,13(7,8)9)14(10,11)12/h6H,1-3,5H2,(H2,7,8,9)(H2,10,11,12)/p-1/i6D/hD2. The van der Waals surface area contributed by atoms with Gasteiger partial charge in [0.05, 0.1) is 6.54 Å². The molecular formula is C4H12NO7P2-. The zero-order chi connectivity index (χ0) is 13.7. The molecule has 0 aromatic carbocycles. The third kappa shape index (κ3) is 2.85. The Labute approximate surface area is 84.5 Å². The van der Waals surface area contributed by atoms with Crippen LogP contribution in [0.4, 0.5) is 0 Å². The first-order valence-corrected chi connectivity index (χ1v) is 6.69. The summed E-state index contributed by atoms with van der Waals surface area (Å²) in [5.74, 6) is 0. The first-order valence-electron chi connectivity index (χ1n) is 4.83. The topological polar surface area (TPSA) is 169 Å². The Hall–Kier alpha value is 0.220. The van der Waals surface area contributed by atoms with E-state index in [1.165, 1.54) is 0 Å². The van der Waals surface area contributed by atoms with E-state index >= 15 is 0 Å². The average Bonchev–Trinajstić information content (AvgIpc) is 2.30. The molecule has 0 rings (SSSR count). The fourth-order valence-corrected chi connectivity index (χ4v) is 2.84. The van der Waals surface area contributed by atoms with Gasteiger partial charge < -0.3 is 39.6 Å². The van der Waals surface area contributed by atoms with Crippen molar-refractivity contribution in [3.8, 4) is 0 Å². The fourth-order valence-electron chi connectivity index (χ4n) is 0.779. The highest BCUT2D eigenvalue weighted by atomic mass is 31.2. The zero-order valence-electron chi connectivity index (χ0n) is 10.1. The average molecular weight is 251 g/mol. The van der Waals surface area contributed by atoms with Crippen molar-refractivity contribution in [1.82, 2.24) is 0 Å². The van der Waals surface area contributed by atoms with Crippen molar-refractivity contribution >= 4 is 15.2 Å². The van der Waals surface area contributed by atoms with Gasteiger partial charge in [-0.25, -0.2) is 0 Å². The van der Waals surface area contributed by atoms with Crippen LogP contribution in [0.2, 0.25) is 0 Å². The smallest absolute Gasteiger partial charge is 0.218 e. The van der Waals surface area contributed by atoms with Crippen LogP contribution in [0.1, 0.15) is 12.8 Å². The monoisotopic (exact) mass is 251 g/mol. The highest BCUT2D eigenvalue weighted by Gasteiger charge is 2.46. The molecule has 0 aromatic heterocycles. The van der Waals surface area contributed by atoms with Gasteiger partial charge in [0, 0.05) is 6.42 Å². The number of quaternary nitrogens is 1. The molecule has 0 saturated carbocycles. The molecule has 0 bridgehead atoms. The van der Waals surface area contributed by atoms with Gasteiger partial charge in [-0.05, 0) is 6.42 Å². The molecular weight excluding hydrogens is 236 g/mol. The van der Waals surface area contributed by atoms with Crippen LogP contribution in [0.3, 0.4) is 0 Å². The minimum Gasteiger partial charge on any atom is -0.776 e. The van der Waals surface area contributed by atoms with E-state index in [9.17, 15) is 18.9 Å². The largest absolute Gasteiger partial charge is 0.776 e. The van der Waals surface area contributed by atoms with Crippen molar-refractivity contribution in [3.63, 3.8) is 0 Å². The molecule has 0 amide bonds. The van der Waals surface area contributed by atoms with Crippen LogP contribution in [0.5, 0.6) is 0 Å². The molecule has 8 nitrogen and oxygen atoms in total. The summed E-state index contributed by atoms with van der Waals surface area (Å²) in [4.78, 5) is 29.4. The molecule has 0 aliphatic heterocycles. The van der Waals surface area contributed by atoms with Gasteiger partial charge in [-0.2, -0.15) is 0 Å². The Morgan fingerprint density at radius 2 is 1.86 bits per heavy atom. The number of aliphatic hydroxyl groups is 1. The second-order valence-electron chi connectivity index (χ2n) is 2.70. The molecule has 2 unspecified atom stereocenters. The van der Waals surface area contributed by atoms with Gasteiger partial charge in [-0.3, -0.25) is 0 Å². The van der Waals surface area contributed by atoms with Crippen molar-refractivity contribution in [2.75, 3.05) is 6.54 Å². The van der Waals surface area contributed by atoms with Crippen LogP contribution in [0.15, 0.2) is 0 Å².